The molecule has 0 bridgehead atoms. The Kier molecular flexibility index (Phi) is 3.56. The maximum Gasteiger partial charge on any atom is 0.0513 e. The van der Waals surface area contributed by atoms with Crippen molar-refractivity contribution in [2.75, 3.05) is 13.7 Å². The molecule has 11 heavy (non-hydrogen) atoms. The summed E-state index contributed by atoms with van der Waals surface area (Å²) < 4.78 is 5.15. The van der Waals surface area contributed by atoms with Gasteiger partial charge in [-0.15, -0.1) is 0 Å². The molecule has 0 aromatic heterocycles. The average molecular weight is 158 g/mol. The van der Waals surface area contributed by atoms with Crippen LogP contribution in [0.4, 0.5) is 0 Å². The van der Waals surface area contributed by atoms with Gasteiger partial charge in [-0.3, -0.25) is 0 Å². The van der Waals surface area contributed by atoms with Crippen molar-refractivity contribution < 1.29 is 4.74 Å². The zero-order valence-electron chi connectivity index (χ0n) is 8.82. The lowest BCUT2D eigenvalue weighted by molar-refractivity contribution is 0.0723. The van der Waals surface area contributed by atoms with Crippen LogP contribution in [0.3, 0.4) is 0 Å². The van der Waals surface area contributed by atoms with Crippen molar-refractivity contribution in [1.82, 2.24) is 0 Å². The summed E-state index contributed by atoms with van der Waals surface area (Å²) in [7, 11) is 1.77. The van der Waals surface area contributed by atoms with Gasteiger partial charge in [-0.05, 0) is 17.3 Å². The van der Waals surface area contributed by atoms with Gasteiger partial charge in [0.2, 0.25) is 0 Å². The molecule has 0 atom stereocenters. The van der Waals surface area contributed by atoms with Gasteiger partial charge >= 0.3 is 0 Å². The van der Waals surface area contributed by atoms with E-state index < -0.39 is 0 Å². The summed E-state index contributed by atoms with van der Waals surface area (Å²) in [5.74, 6) is 0. The van der Waals surface area contributed by atoms with E-state index in [9.17, 15) is 0 Å². The lowest BCUT2D eigenvalue weighted by atomic mass is 9.77. The minimum atomic E-state index is 0.312. The summed E-state index contributed by atoms with van der Waals surface area (Å²) in [5.41, 5.74) is 0.717. The largest absolute Gasteiger partial charge is 0.384 e. The summed E-state index contributed by atoms with van der Waals surface area (Å²) in [6.45, 7) is 12.2. The third-order valence-electron chi connectivity index (χ3n) is 1.54. The molecule has 0 amide bonds. The highest BCUT2D eigenvalue weighted by molar-refractivity contribution is 4.75. The van der Waals surface area contributed by atoms with E-state index in [0.29, 0.717) is 10.8 Å². The van der Waals surface area contributed by atoms with Gasteiger partial charge < -0.3 is 4.74 Å². The van der Waals surface area contributed by atoms with E-state index in [0.717, 1.165) is 6.61 Å². The quantitative estimate of drug-likeness (QED) is 0.613. The highest BCUT2D eigenvalue weighted by atomic mass is 16.5. The van der Waals surface area contributed by atoms with E-state index in [1.807, 2.05) is 0 Å². The molecule has 0 fully saturated rings. The molecule has 0 aromatic rings. The van der Waals surface area contributed by atoms with Gasteiger partial charge in [0.15, 0.2) is 0 Å². The van der Waals surface area contributed by atoms with Gasteiger partial charge in [-0.1, -0.05) is 34.6 Å². The van der Waals surface area contributed by atoms with E-state index in [-0.39, 0.29) is 0 Å². The van der Waals surface area contributed by atoms with Crippen molar-refractivity contribution in [1.29, 1.82) is 0 Å². The minimum absolute atomic E-state index is 0.312. The maximum atomic E-state index is 5.15. The smallest absolute Gasteiger partial charge is 0.0513 e. The Labute approximate surface area is 71.1 Å². The summed E-state index contributed by atoms with van der Waals surface area (Å²) in [6.07, 6.45) is 1.20. The predicted octanol–water partition coefficient (Wildman–Crippen LogP) is 3.10. The molecule has 0 heterocycles. The van der Waals surface area contributed by atoms with E-state index in [1.54, 1.807) is 7.11 Å². The first-order valence-corrected chi connectivity index (χ1v) is 4.26. The molecular formula is C10H22O. The topological polar surface area (TPSA) is 9.23 Å². The number of ether oxygens (including phenoxy) is 1. The van der Waals surface area contributed by atoms with Crippen molar-refractivity contribution in [3.63, 3.8) is 0 Å². The molecule has 1 heteroatoms. The molecule has 0 aliphatic carbocycles. The Bertz CT molecular complexity index is 109. The second kappa shape index (κ2) is 3.57. The molecule has 68 valence electrons. The Morgan fingerprint density at radius 2 is 1.45 bits per heavy atom. The van der Waals surface area contributed by atoms with Crippen LogP contribution in [0.1, 0.15) is 41.0 Å². The van der Waals surface area contributed by atoms with Crippen LogP contribution in [0.15, 0.2) is 0 Å². The molecule has 0 unspecified atom stereocenters. The predicted molar refractivity (Wildman–Crippen MR) is 49.7 cm³/mol. The summed E-state index contributed by atoms with van der Waals surface area (Å²) >= 11 is 0. The molecule has 0 rings (SSSR count). The maximum absolute atomic E-state index is 5.15. The van der Waals surface area contributed by atoms with Crippen LogP contribution < -0.4 is 0 Å². The molecule has 0 N–H and O–H groups in total. The molecule has 0 saturated heterocycles. The first-order valence-electron chi connectivity index (χ1n) is 4.26. The van der Waals surface area contributed by atoms with Crippen LogP contribution in [-0.2, 0) is 4.74 Å². The molecule has 0 spiro atoms. The van der Waals surface area contributed by atoms with Crippen molar-refractivity contribution >= 4 is 0 Å². The zero-order valence-corrected chi connectivity index (χ0v) is 8.82. The minimum Gasteiger partial charge on any atom is -0.384 e. The van der Waals surface area contributed by atoms with Crippen LogP contribution >= 0.6 is 0 Å². The van der Waals surface area contributed by atoms with Crippen LogP contribution in [0.5, 0.6) is 0 Å². The number of hydrogen-bond acceptors (Lipinski definition) is 1. The molecule has 1 nitrogen and oxygen atoms in total. The van der Waals surface area contributed by atoms with Crippen LogP contribution in [-0.4, -0.2) is 13.7 Å². The van der Waals surface area contributed by atoms with Crippen molar-refractivity contribution in [3.8, 4) is 0 Å². The summed E-state index contributed by atoms with van der Waals surface area (Å²) in [4.78, 5) is 0. The van der Waals surface area contributed by atoms with Gasteiger partial charge in [0, 0.05) is 7.11 Å². The standard InChI is InChI=1S/C10H22O/c1-9(2,3)7-10(4,5)8-11-6/h7-8H2,1-6H3. The normalized spacial score (nSPS) is 13.6. The molecular weight excluding hydrogens is 136 g/mol. The monoisotopic (exact) mass is 158 g/mol. The second-order valence-corrected chi connectivity index (χ2v) is 5.33. The number of rotatable bonds is 3. The van der Waals surface area contributed by atoms with E-state index in [2.05, 4.69) is 34.6 Å². The van der Waals surface area contributed by atoms with Crippen molar-refractivity contribution in [3.05, 3.63) is 0 Å². The van der Waals surface area contributed by atoms with Gasteiger partial charge in [0.25, 0.3) is 0 Å². The van der Waals surface area contributed by atoms with Crippen LogP contribution in [0.25, 0.3) is 0 Å². The Morgan fingerprint density at radius 1 is 1.00 bits per heavy atom. The van der Waals surface area contributed by atoms with Gasteiger partial charge in [-0.2, -0.15) is 0 Å². The molecule has 0 aromatic carbocycles. The van der Waals surface area contributed by atoms with Gasteiger partial charge in [-0.25, -0.2) is 0 Å². The lowest BCUT2D eigenvalue weighted by Gasteiger charge is -2.31. The van der Waals surface area contributed by atoms with E-state index in [4.69, 9.17) is 4.74 Å². The van der Waals surface area contributed by atoms with E-state index in [1.165, 1.54) is 6.42 Å². The summed E-state index contributed by atoms with van der Waals surface area (Å²) in [5, 5.41) is 0. The van der Waals surface area contributed by atoms with Gasteiger partial charge in [0.05, 0.1) is 6.61 Å². The SMILES string of the molecule is COCC(C)(C)CC(C)(C)C. The zero-order chi connectivity index (χ0) is 9.12. The third-order valence-corrected chi connectivity index (χ3v) is 1.54. The summed E-state index contributed by atoms with van der Waals surface area (Å²) in [6, 6.07) is 0. The van der Waals surface area contributed by atoms with Crippen LogP contribution in [0.2, 0.25) is 0 Å². The fourth-order valence-electron chi connectivity index (χ4n) is 1.88. The fourth-order valence-corrected chi connectivity index (χ4v) is 1.88. The Morgan fingerprint density at radius 3 is 1.73 bits per heavy atom. The van der Waals surface area contributed by atoms with Gasteiger partial charge in [0.1, 0.15) is 0 Å². The first-order chi connectivity index (χ1) is 4.77. The molecule has 0 saturated carbocycles. The lowest BCUT2D eigenvalue weighted by Crippen LogP contribution is -2.25. The van der Waals surface area contributed by atoms with Crippen LogP contribution in [0, 0.1) is 10.8 Å². The van der Waals surface area contributed by atoms with E-state index >= 15 is 0 Å². The highest BCUT2D eigenvalue weighted by Gasteiger charge is 2.24. The second-order valence-electron chi connectivity index (χ2n) is 5.33. The van der Waals surface area contributed by atoms with Crippen molar-refractivity contribution in [2.24, 2.45) is 10.8 Å². The number of hydrogen-bond donors (Lipinski definition) is 0. The molecule has 0 aliphatic rings. The first kappa shape index (κ1) is 11.0. The average Bonchev–Trinajstić information content (AvgIpc) is 1.55. The molecule has 0 radical (unpaired) electrons. The van der Waals surface area contributed by atoms with Crippen molar-refractivity contribution in [2.45, 2.75) is 41.0 Å². The fraction of sp³-hybridized carbons (Fsp3) is 1.00. The third kappa shape index (κ3) is 6.36. The molecule has 0 aliphatic heterocycles. The highest BCUT2D eigenvalue weighted by Crippen LogP contribution is 2.32. The Balaban J connectivity index is 3.91. The number of methoxy groups -OCH3 is 1. The Hall–Kier alpha value is -0.0400.